The van der Waals surface area contributed by atoms with Gasteiger partial charge in [0.1, 0.15) is 5.75 Å². The van der Waals surface area contributed by atoms with Crippen LogP contribution in [0.25, 0.3) is 38.2 Å². The first-order valence-electron chi connectivity index (χ1n) is 13.0. The van der Waals surface area contributed by atoms with Gasteiger partial charge in [-0.15, -0.1) is 11.3 Å². The zero-order valence-corrected chi connectivity index (χ0v) is 21.5. The lowest BCUT2D eigenvalue weighted by Gasteiger charge is -2.23. The minimum atomic E-state index is -0.206. The van der Waals surface area contributed by atoms with Crippen molar-refractivity contribution in [1.29, 1.82) is 0 Å². The average molecular weight is 524 g/mol. The number of rotatable bonds is 5. The molecule has 0 saturated heterocycles. The van der Waals surface area contributed by atoms with Gasteiger partial charge in [0.25, 0.3) is 0 Å². The highest BCUT2D eigenvalue weighted by Crippen LogP contribution is 2.38. The Labute approximate surface area is 223 Å². The molecule has 190 valence electrons. The molecule has 6 heterocycles. The molecule has 0 bridgehead atoms. The van der Waals surface area contributed by atoms with Crippen LogP contribution in [0.5, 0.6) is 5.75 Å². The Morgan fingerprint density at radius 1 is 0.947 bits per heavy atom. The fraction of sp³-hybridized carbons (Fsp3) is 0.233. The number of aromatic nitrogens is 4. The molecule has 0 radical (unpaired) electrons. The van der Waals surface area contributed by atoms with Crippen molar-refractivity contribution in [3.05, 3.63) is 83.8 Å². The Bertz CT molecular complexity index is 1670. The monoisotopic (exact) mass is 523 g/mol. The number of thiophene rings is 1. The van der Waals surface area contributed by atoms with Gasteiger partial charge in [-0.05, 0) is 62.1 Å². The molecule has 1 aliphatic heterocycles. The van der Waals surface area contributed by atoms with Gasteiger partial charge in [0.15, 0.2) is 5.13 Å². The molecule has 1 aliphatic carbocycles. The van der Waals surface area contributed by atoms with Crippen LogP contribution >= 0.6 is 11.3 Å². The van der Waals surface area contributed by atoms with E-state index < -0.39 is 0 Å². The SMILES string of the molecule is Fc1ccc(-c2cncc3[nH]c(C4=CCNc5ccc(-c6cncc(OC7CCCCC7)c6)nc54)cc23)s1. The van der Waals surface area contributed by atoms with Crippen molar-refractivity contribution in [3.63, 3.8) is 0 Å². The normalized spacial score (nSPS) is 15.7. The van der Waals surface area contributed by atoms with Crippen LogP contribution in [0.15, 0.2) is 67.3 Å². The van der Waals surface area contributed by atoms with Gasteiger partial charge in [0.05, 0.1) is 41.1 Å². The van der Waals surface area contributed by atoms with E-state index in [-0.39, 0.29) is 11.2 Å². The van der Waals surface area contributed by atoms with Crippen LogP contribution in [0.4, 0.5) is 10.1 Å². The van der Waals surface area contributed by atoms with E-state index in [2.05, 4.69) is 38.5 Å². The van der Waals surface area contributed by atoms with E-state index in [1.807, 2.05) is 24.5 Å². The highest BCUT2D eigenvalue weighted by molar-refractivity contribution is 7.14. The summed E-state index contributed by atoms with van der Waals surface area (Å²) in [6.45, 7) is 0.701. The highest BCUT2D eigenvalue weighted by atomic mass is 32.1. The summed E-state index contributed by atoms with van der Waals surface area (Å²) in [5.41, 5.74) is 7.40. The van der Waals surface area contributed by atoms with E-state index in [0.717, 1.165) is 85.2 Å². The Morgan fingerprint density at radius 3 is 2.71 bits per heavy atom. The molecule has 8 heteroatoms. The number of nitrogens with one attached hydrogen (secondary N) is 2. The largest absolute Gasteiger partial charge is 0.489 e. The molecular formula is C30H26FN5OS. The molecule has 0 aromatic carbocycles. The zero-order chi connectivity index (χ0) is 25.5. The third-order valence-electron chi connectivity index (χ3n) is 7.29. The van der Waals surface area contributed by atoms with Crippen LogP contribution in [0.1, 0.15) is 43.5 Å². The standard InChI is InChI=1S/C30H26FN5OS/c31-29-9-8-28(38-29)23-16-33-17-27-22(23)13-26(35-27)21-10-11-34-25-7-6-24(36-30(21)25)18-12-20(15-32-14-18)37-19-4-2-1-3-5-19/h6-10,12-17,19,34-35H,1-5,11H2. The third kappa shape index (κ3) is 4.35. The predicted molar refractivity (Wildman–Crippen MR) is 150 cm³/mol. The summed E-state index contributed by atoms with van der Waals surface area (Å²) >= 11 is 1.13. The summed E-state index contributed by atoms with van der Waals surface area (Å²) in [5, 5.41) is 4.23. The van der Waals surface area contributed by atoms with Crippen molar-refractivity contribution in [2.75, 3.05) is 11.9 Å². The Hall–Kier alpha value is -4.04. The Balaban J connectivity index is 1.24. The fourth-order valence-electron chi connectivity index (χ4n) is 5.42. The van der Waals surface area contributed by atoms with Crippen molar-refractivity contribution in [3.8, 4) is 27.4 Å². The van der Waals surface area contributed by atoms with Gasteiger partial charge >= 0.3 is 0 Å². The molecule has 1 fully saturated rings. The Morgan fingerprint density at radius 2 is 1.84 bits per heavy atom. The van der Waals surface area contributed by atoms with Crippen LogP contribution in [0.2, 0.25) is 0 Å². The zero-order valence-electron chi connectivity index (χ0n) is 20.7. The van der Waals surface area contributed by atoms with E-state index in [1.165, 1.54) is 25.3 Å². The maximum Gasteiger partial charge on any atom is 0.176 e. The quantitative estimate of drug-likeness (QED) is 0.250. The number of aromatic amines is 1. The maximum atomic E-state index is 13.7. The van der Waals surface area contributed by atoms with Crippen LogP contribution in [0, 0.1) is 5.13 Å². The van der Waals surface area contributed by atoms with Crippen molar-refractivity contribution in [2.45, 2.75) is 38.2 Å². The lowest BCUT2D eigenvalue weighted by molar-refractivity contribution is 0.154. The number of pyridine rings is 3. The molecule has 38 heavy (non-hydrogen) atoms. The first kappa shape index (κ1) is 23.1. The van der Waals surface area contributed by atoms with Crippen LogP contribution in [-0.4, -0.2) is 32.6 Å². The van der Waals surface area contributed by atoms with Gasteiger partial charge in [-0.3, -0.25) is 9.97 Å². The number of anilines is 1. The van der Waals surface area contributed by atoms with E-state index in [0.29, 0.717) is 6.54 Å². The predicted octanol–water partition coefficient (Wildman–Crippen LogP) is 7.46. The molecule has 0 spiro atoms. The lowest BCUT2D eigenvalue weighted by atomic mass is 9.98. The molecule has 6 nitrogen and oxygen atoms in total. The minimum absolute atomic E-state index is 0.206. The number of nitrogens with zero attached hydrogens (tertiary/aromatic N) is 3. The lowest BCUT2D eigenvalue weighted by Crippen LogP contribution is -2.19. The summed E-state index contributed by atoms with van der Waals surface area (Å²) in [4.78, 5) is 18.3. The second-order valence-electron chi connectivity index (χ2n) is 9.81. The van der Waals surface area contributed by atoms with Gasteiger partial charge in [-0.1, -0.05) is 12.5 Å². The van der Waals surface area contributed by atoms with E-state index in [9.17, 15) is 4.39 Å². The average Bonchev–Trinajstić information content (AvgIpc) is 3.59. The molecule has 0 amide bonds. The molecule has 1 saturated carbocycles. The second kappa shape index (κ2) is 9.68. The number of fused-ring (bicyclic) bond motifs is 2. The van der Waals surface area contributed by atoms with Gasteiger partial charge in [0.2, 0.25) is 0 Å². The molecule has 0 unspecified atom stereocenters. The van der Waals surface area contributed by atoms with Gasteiger partial charge < -0.3 is 15.0 Å². The second-order valence-corrected chi connectivity index (χ2v) is 10.8. The number of H-pyrrole nitrogens is 1. The molecule has 2 aliphatic rings. The summed E-state index contributed by atoms with van der Waals surface area (Å²) in [6.07, 6.45) is 15.6. The topological polar surface area (TPSA) is 75.7 Å². The summed E-state index contributed by atoms with van der Waals surface area (Å²) in [6, 6.07) is 11.5. The van der Waals surface area contributed by atoms with Crippen molar-refractivity contribution < 1.29 is 9.13 Å². The summed E-state index contributed by atoms with van der Waals surface area (Å²) in [5.74, 6) is 0.795. The van der Waals surface area contributed by atoms with Crippen molar-refractivity contribution >= 4 is 33.5 Å². The van der Waals surface area contributed by atoms with E-state index >= 15 is 0 Å². The summed E-state index contributed by atoms with van der Waals surface area (Å²) < 4.78 is 20.0. The van der Waals surface area contributed by atoms with Crippen molar-refractivity contribution in [2.24, 2.45) is 0 Å². The summed E-state index contributed by atoms with van der Waals surface area (Å²) in [7, 11) is 0. The Kier molecular flexibility index (Phi) is 5.89. The number of ether oxygens (including phenoxy) is 1. The van der Waals surface area contributed by atoms with Crippen LogP contribution in [0.3, 0.4) is 0 Å². The number of hydrogen-bond donors (Lipinski definition) is 2. The molecule has 7 rings (SSSR count). The van der Waals surface area contributed by atoms with Crippen LogP contribution in [-0.2, 0) is 0 Å². The van der Waals surface area contributed by atoms with Crippen molar-refractivity contribution in [1.82, 2.24) is 19.9 Å². The third-order valence-corrected chi connectivity index (χ3v) is 8.19. The highest BCUT2D eigenvalue weighted by Gasteiger charge is 2.21. The van der Waals surface area contributed by atoms with E-state index in [1.54, 1.807) is 18.5 Å². The first-order valence-corrected chi connectivity index (χ1v) is 13.8. The molecule has 0 atom stereocenters. The smallest absolute Gasteiger partial charge is 0.176 e. The number of halogens is 1. The number of hydrogen-bond acceptors (Lipinski definition) is 6. The molecule has 2 N–H and O–H groups in total. The van der Waals surface area contributed by atoms with Crippen LogP contribution < -0.4 is 10.1 Å². The molecule has 5 aromatic heterocycles. The van der Waals surface area contributed by atoms with E-state index in [4.69, 9.17) is 9.72 Å². The first-order chi connectivity index (χ1) is 18.7. The van der Waals surface area contributed by atoms with Gasteiger partial charge in [-0.25, -0.2) is 4.98 Å². The van der Waals surface area contributed by atoms with Gasteiger partial charge in [0, 0.05) is 51.6 Å². The molecular weight excluding hydrogens is 497 g/mol. The van der Waals surface area contributed by atoms with Gasteiger partial charge in [-0.2, -0.15) is 4.39 Å². The fourth-order valence-corrected chi connectivity index (χ4v) is 6.17. The maximum absolute atomic E-state index is 13.7. The minimum Gasteiger partial charge on any atom is -0.489 e. The molecule has 5 aromatic rings.